The smallest absolute Gasteiger partial charge is 0.338 e. The number of nitrogens with one attached hydrogen (secondary N) is 2. The topological polar surface area (TPSA) is 76.7 Å². The average Bonchev–Trinajstić information content (AvgIpc) is 2.83. The Labute approximate surface area is 193 Å². The van der Waals surface area contributed by atoms with Gasteiger partial charge in [0.05, 0.1) is 23.4 Å². The van der Waals surface area contributed by atoms with Crippen LogP contribution >= 0.6 is 0 Å². The first-order valence-electron chi connectivity index (χ1n) is 10.9. The Balaban J connectivity index is 1.78. The molecule has 1 aliphatic heterocycles. The van der Waals surface area contributed by atoms with Gasteiger partial charge in [-0.1, -0.05) is 78.9 Å². The van der Waals surface area contributed by atoms with Crippen molar-refractivity contribution in [1.29, 1.82) is 0 Å². The minimum Gasteiger partial charge on any atom is -0.489 e. The van der Waals surface area contributed by atoms with E-state index in [-0.39, 0.29) is 6.10 Å². The summed E-state index contributed by atoms with van der Waals surface area (Å²) in [6.45, 7) is 3.95. The lowest BCUT2D eigenvalue weighted by molar-refractivity contribution is -0.143. The second-order valence-corrected chi connectivity index (χ2v) is 7.95. The molecule has 1 heterocycles. The number of ether oxygens (including phenoxy) is 2. The zero-order valence-electron chi connectivity index (χ0n) is 18.6. The van der Waals surface area contributed by atoms with Gasteiger partial charge < -0.3 is 20.1 Å². The normalized spacial score (nSPS) is 15.6. The molecule has 6 nitrogen and oxygen atoms in total. The van der Waals surface area contributed by atoms with E-state index in [1.54, 1.807) is 13.8 Å². The number of para-hydroxylation sites is 1. The fraction of sp³-hybridized carbons (Fsp3) is 0.185. The van der Waals surface area contributed by atoms with Gasteiger partial charge in [-0.3, -0.25) is 0 Å². The van der Waals surface area contributed by atoms with Crippen molar-refractivity contribution in [2.45, 2.75) is 32.6 Å². The molecule has 0 saturated carbocycles. The molecule has 0 saturated heterocycles. The maximum Gasteiger partial charge on any atom is 0.338 e. The Bertz CT molecular complexity index is 1160. The van der Waals surface area contributed by atoms with Crippen molar-refractivity contribution in [3.63, 3.8) is 0 Å². The first kappa shape index (κ1) is 22.1. The van der Waals surface area contributed by atoms with Crippen molar-refractivity contribution >= 4 is 17.7 Å². The average molecular weight is 443 g/mol. The van der Waals surface area contributed by atoms with Crippen LogP contribution in [0.5, 0.6) is 5.75 Å². The van der Waals surface area contributed by atoms with Gasteiger partial charge in [-0.25, -0.2) is 9.59 Å². The van der Waals surface area contributed by atoms with Crippen LogP contribution in [0.4, 0.5) is 4.79 Å². The number of hydrogen-bond acceptors (Lipinski definition) is 4. The van der Waals surface area contributed by atoms with E-state index in [1.807, 2.05) is 84.9 Å². The molecule has 168 valence electrons. The van der Waals surface area contributed by atoms with Crippen LogP contribution in [-0.4, -0.2) is 18.1 Å². The van der Waals surface area contributed by atoms with Gasteiger partial charge in [-0.2, -0.15) is 0 Å². The van der Waals surface area contributed by atoms with Gasteiger partial charge in [0.15, 0.2) is 0 Å². The van der Waals surface area contributed by atoms with Gasteiger partial charge in [0.1, 0.15) is 12.4 Å². The molecule has 0 aromatic heterocycles. The maximum atomic E-state index is 13.3. The van der Waals surface area contributed by atoms with Gasteiger partial charge in [-0.05, 0) is 31.0 Å². The van der Waals surface area contributed by atoms with E-state index < -0.39 is 18.0 Å². The lowest BCUT2D eigenvalue weighted by Gasteiger charge is -2.31. The van der Waals surface area contributed by atoms with Crippen molar-refractivity contribution in [3.8, 4) is 5.75 Å². The van der Waals surface area contributed by atoms with Gasteiger partial charge in [0, 0.05) is 5.56 Å². The van der Waals surface area contributed by atoms with E-state index in [2.05, 4.69) is 10.6 Å². The molecule has 3 aromatic carbocycles. The van der Waals surface area contributed by atoms with E-state index >= 15 is 0 Å². The van der Waals surface area contributed by atoms with Crippen LogP contribution in [0, 0.1) is 0 Å². The molecular weight excluding hydrogens is 416 g/mol. The van der Waals surface area contributed by atoms with Gasteiger partial charge in [0.2, 0.25) is 0 Å². The quantitative estimate of drug-likeness (QED) is 0.506. The summed E-state index contributed by atoms with van der Waals surface area (Å²) in [5.74, 6) is 0.0787. The Hall–Kier alpha value is -4.06. The Morgan fingerprint density at radius 2 is 1.55 bits per heavy atom. The minimum absolute atomic E-state index is 0.315. The summed E-state index contributed by atoms with van der Waals surface area (Å²) in [4.78, 5) is 25.9. The third kappa shape index (κ3) is 5.23. The van der Waals surface area contributed by atoms with Crippen LogP contribution in [0.3, 0.4) is 0 Å². The van der Waals surface area contributed by atoms with E-state index in [0.29, 0.717) is 29.2 Å². The third-order valence-corrected chi connectivity index (χ3v) is 5.16. The highest BCUT2D eigenvalue weighted by Crippen LogP contribution is 2.36. The standard InChI is InChI=1S/C27H26N2O4/c1-18(2)33-26(30)23-24(20-13-7-4-8-14-20)28-27(31)29-25(23)21-15-9-10-16-22(21)32-17-19-11-5-3-6-12-19/h3-16,18,25H,17H2,1-2H3,(H2,28,29,31). The lowest BCUT2D eigenvalue weighted by atomic mass is 9.92. The van der Waals surface area contributed by atoms with Gasteiger partial charge >= 0.3 is 12.0 Å². The molecule has 0 radical (unpaired) electrons. The predicted molar refractivity (Wildman–Crippen MR) is 126 cm³/mol. The lowest BCUT2D eigenvalue weighted by Crippen LogP contribution is -2.45. The van der Waals surface area contributed by atoms with Crippen LogP contribution in [0.1, 0.15) is 36.6 Å². The molecule has 0 fully saturated rings. The molecule has 2 amide bonds. The van der Waals surface area contributed by atoms with E-state index in [0.717, 1.165) is 11.1 Å². The summed E-state index contributed by atoms with van der Waals surface area (Å²) in [6, 6.07) is 25.3. The van der Waals surface area contributed by atoms with Gasteiger partial charge in [-0.15, -0.1) is 0 Å². The number of rotatable bonds is 7. The number of urea groups is 1. The summed E-state index contributed by atoms with van der Waals surface area (Å²) < 4.78 is 11.7. The van der Waals surface area contributed by atoms with E-state index in [1.165, 1.54) is 0 Å². The highest BCUT2D eigenvalue weighted by molar-refractivity contribution is 6.04. The monoisotopic (exact) mass is 442 g/mol. The van der Waals surface area contributed by atoms with E-state index in [4.69, 9.17) is 9.47 Å². The first-order valence-corrected chi connectivity index (χ1v) is 10.9. The summed E-state index contributed by atoms with van der Waals surface area (Å²) in [5.41, 5.74) is 3.16. The molecule has 0 bridgehead atoms. The number of hydrogen-bond donors (Lipinski definition) is 2. The second-order valence-electron chi connectivity index (χ2n) is 7.95. The highest BCUT2D eigenvalue weighted by Gasteiger charge is 2.36. The van der Waals surface area contributed by atoms with Crippen LogP contribution in [0.15, 0.2) is 90.5 Å². The Kier molecular flexibility index (Phi) is 6.74. The molecule has 1 atom stereocenters. The van der Waals surface area contributed by atoms with Gasteiger partial charge in [0.25, 0.3) is 0 Å². The van der Waals surface area contributed by atoms with Crippen LogP contribution < -0.4 is 15.4 Å². The van der Waals surface area contributed by atoms with Crippen molar-refractivity contribution in [1.82, 2.24) is 10.6 Å². The second kappa shape index (κ2) is 10.0. The number of amides is 2. The summed E-state index contributed by atoms with van der Waals surface area (Å²) in [7, 11) is 0. The summed E-state index contributed by atoms with van der Waals surface area (Å²) >= 11 is 0. The van der Waals surface area contributed by atoms with E-state index in [9.17, 15) is 9.59 Å². The zero-order chi connectivity index (χ0) is 23.2. The molecular formula is C27H26N2O4. The maximum absolute atomic E-state index is 13.3. The number of esters is 1. The molecule has 1 aliphatic rings. The largest absolute Gasteiger partial charge is 0.489 e. The molecule has 1 unspecified atom stereocenters. The first-order chi connectivity index (χ1) is 16.0. The summed E-state index contributed by atoms with van der Waals surface area (Å²) in [6.07, 6.45) is -0.315. The van der Waals surface area contributed by atoms with Crippen molar-refractivity contribution in [2.75, 3.05) is 0 Å². The molecule has 0 spiro atoms. The SMILES string of the molecule is CC(C)OC(=O)C1=C(c2ccccc2)NC(=O)NC1c1ccccc1OCc1ccccc1. The third-order valence-electron chi connectivity index (χ3n) is 5.16. The number of carbonyl (C=O) groups excluding carboxylic acids is 2. The van der Waals surface area contributed by atoms with Crippen molar-refractivity contribution < 1.29 is 19.1 Å². The number of carbonyl (C=O) groups is 2. The molecule has 0 aliphatic carbocycles. The zero-order valence-corrected chi connectivity index (χ0v) is 18.6. The minimum atomic E-state index is -0.743. The van der Waals surface area contributed by atoms with Crippen LogP contribution in [0.25, 0.3) is 5.70 Å². The number of benzene rings is 3. The van der Waals surface area contributed by atoms with Crippen LogP contribution in [0.2, 0.25) is 0 Å². The fourth-order valence-electron chi connectivity index (χ4n) is 3.71. The molecule has 33 heavy (non-hydrogen) atoms. The molecule has 3 aromatic rings. The molecule has 6 heteroatoms. The molecule has 2 N–H and O–H groups in total. The molecule has 4 rings (SSSR count). The van der Waals surface area contributed by atoms with Crippen molar-refractivity contribution in [3.05, 3.63) is 107 Å². The van der Waals surface area contributed by atoms with Crippen LogP contribution in [-0.2, 0) is 16.1 Å². The Morgan fingerprint density at radius 1 is 0.909 bits per heavy atom. The highest BCUT2D eigenvalue weighted by atomic mass is 16.5. The Morgan fingerprint density at radius 3 is 2.24 bits per heavy atom. The summed E-state index contributed by atoms with van der Waals surface area (Å²) in [5, 5.41) is 5.69. The predicted octanol–water partition coefficient (Wildman–Crippen LogP) is 4.98. The van der Waals surface area contributed by atoms with Crippen molar-refractivity contribution in [2.24, 2.45) is 0 Å². The fourth-order valence-corrected chi connectivity index (χ4v) is 3.71.